The summed E-state index contributed by atoms with van der Waals surface area (Å²) in [6.45, 7) is 3.90. The molecule has 0 aliphatic carbocycles. The van der Waals surface area contributed by atoms with Crippen molar-refractivity contribution in [1.82, 2.24) is 14.5 Å². The number of nitrogens with zero attached hydrogens (tertiary/aromatic N) is 3. The number of rotatable bonds is 5. The molecule has 0 saturated carbocycles. The van der Waals surface area contributed by atoms with Crippen molar-refractivity contribution in [3.05, 3.63) is 24.2 Å². The number of aromatic nitrogens is 3. The van der Waals surface area contributed by atoms with Crippen molar-refractivity contribution < 1.29 is 4.79 Å². The molecule has 102 valence electrons. The third-order valence-electron chi connectivity index (χ3n) is 3.02. The van der Waals surface area contributed by atoms with Crippen LogP contribution in [0.1, 0.15) is 26.1 Å². The highest BCUT2D eigenvalue weighted by molar-refractivity contribution is 6.17. The number of fused-ring (bicyclic) bond motifs is 1. The van der Waals surface area contributed by atoms with Crippen LogP contribution in [0.5, 0.6) is 0 Å². The number of aryl methyl sites for hydroxylation is 1. The van der Waals surface area contributed by atoms with Crippen molar-refractivity contribution in [2.24, 2.45) is 5.73 Å². The van der Waals surface area contributed by atoms with Crippen molar-refractivity contribution in [3.8, 4) is 0 Å². The van der Waals surface area contributed by atoms with E-state index in [0.717, 1.165) is 17.0 Å². The van der Waals surface area contributed by atoms with Crippen LogP contribution >= 0.6 is 11.6 Å². The van der Waals surface area contributed by atoms with Gasteiger partial charge < -0.3 is 10.3 Å². The van der Waals surface area contributed by atoms with E-state index >= 15 is 0 Å². The van der Waals surface area contributed by atoms with Gasteiger partial charge in [0, 0.05) is 24.9 Å². The first-order valence-corrected chi connectivity index (χ1v) is 6.66. The Balaban J connectivity index is 2.61. The van der Waals surface area contributed by atoms with E-state index in [0.29, 0.717) is 12.3 Å². The van der Waals surface area contributed by atoms with E-state index in [1.165, 1.54) is 0 Å². The fourth-order valence-corrected chi connectivity index (χ4v) is 2.52. The lowest BCUT2D eigenvalue weighted by Gasteiger charge is -2.27. The van der Waals surface area contributed by atoms with E-state index in [9.17, 15) is 4.79 Å². The summed E-state index contributed by atoms with van der Waals surface area (Å²) in [5, 5.41) is 0. The monoisotopic (exact) mass is 280 g/mol. The van der Waals surface area contributed by atoms with Crippen LogP contribution in [0.3, 0.4) is 0 Å². The van der Waals surface area contributed by atoms with Gasteiger partial charge in [-0.2, -0.15) is 0 Å². The van der Waals surface area contributed by atoms with Gasteiger partial charge in [-0.1, -0.05) is 0 Å². The Morgan fingerprint density at radius 2 is 2.26 bits per heavy atom. The SMILES string of the molecule is CC(C)(CC(N)=O)n1c(CCCl)nc2cccnc21. The number of carbonyl (C=O) groups is 1. The van der Waals surface area contributed by atoms with Crippen LogP contribution in [-0.4, -0.2) is 26.3 Å². The Bertz CT molecular complexity index is 606. The van der Waals surface area contributed by atoms with Gasteiger partial charge in [0.15, 0.2) is 5.65 Å². The Morgan fingerprint density at radius 3 is 2.89 bits per heavy atom. The normalized spacial score (nSPS) is 11.9. The highest BCUT2D eigenvalue weighted by atomic mass is 35.5. The van der Waals surface area contributed by atoms with E-state index in [4.69, 9.17) is 17.3 Å². The smallest absolute Gasteiger partial charge is 0.219 e. The van der Waals surface area contributed by atoms with Gasteiger partial charge in [-0.15, -0.1) is 11.6 Å². The summed E-state index contributed by atoms with van der Waals surface area (Å²) in [7, 11) is 0. The maximum Gasteiger partial charge on any atom is 0.219 e. The predicted molar refractivity (Wildman–Crippen MR) is 75.1 cm³/mol. The van der Waals surface area contributed by atoms with Gasteiger partial charge in [0.05, 0.1) is 5.54 Å². The minimum absolute atomic E-state index is 0.227. The van der Waals surface area contributed by atoms with Crippen LogP contribution in [0.25, 0.3) is 11.2 Å². The van der Waals surface area contributed by atoms with Crippen LogP contribution in [0.15, 0.2) is 18.3 Å². The molecule has 2 rings (SSSR count). The summed E-state index contributed by atoms with van der Waals surface area (Å²) in [6, 6.07) is 3.74. The van der Waals surface area contributed by atoms with Crippen molar-refractivity contribution >= 4 is 28.7 Å². The van der Waals surface area contributed by atoms with Crippen LogP contribution < -0.4 is 5.73 Å². The van der Waals surface area contributed by atoms with Gasteiger partial charge >= 0.3 is 0 Å². The molecule has 2 aromatic heterocycles. The Hall–Kier alpha value is -1.62. The summed E-state index contributed by atoms with van der Waals surface area (Å²) in [4.78, 5) is 20.2. The zero-order valence-corrected chi connectivity index (χ0v) is 11.8. The van der Waals surface area contributed by atoms with Gasteiger partial charge in [0.25, 0.3) is 0 Å². The molecule has 0 aromatic carbocycles. The van der Waals surface area contributed by atoms with Crippen molar-refractivity contribution in [1.29, 1.82) is 0 Å². The molecule has 0 spiro atoms. The van der Waals surface area contributed by atoms with Gasteiger partial charge in [0.1, 0.15) is 11.3 Å². The minimum atomic E-state index is -0.476. The minimum Gasteiger partial charge on any atom is -0.370 e. The average Bonchev–Trinajstić information content (AvgIpc) is 2.66. The first-order chi connectivity index (χ1) is 8.95. The van der Waals surface area contributed by atoms with Gasteiger partial charge in [-0.25, -0.2) is 9.97 Å². The third kappa shape index (κ3) is 2.71. The summed E-state index contributed by atoms with van der Waals surface area (Å²) < 4.78 is 1.97. The van der Waals surface area contributed by atoms with E-state index in [1.54, 1.807) is 6.20 Å². The molecule has 2 heterocycles. The van der Waals surface area contributed by atoms with E-state index in [-0.39, 0.29) is 12.3 Å². The number of hydrogen-bond donors (Lipinski definition) is 1. The maximum absolute atomic E-state index is 11.3. The number of carbonyl (C=O) groups excluding carboxylic acids is 1. The molecule has 0 aliphatic heterocycles. The van der Waals surface area contributed by atoms with Crippen LogP contribution in [0, 0.1) is 0 Å². The highest BCUT2D eigenvalue weighted by Crippen LogP contribution is 2.27. The number of amides is 1. The van der Waals surface area contributed by atoms with Crippen molar-refractivity contribution in [3.63, 3.8) is 0 Å². The van der Waals surface area contributed by atoms with Gasteiger partial charge in [-0.05, 0) is 26.0 Å². The van der Waals surface area contributed by atoms with Gasteiger partial charge in [-0.3, -0.25) is 4.79 Å². The number of pyridine rings is 1. The molecule has 1 amide bonds. The van der Waals surface area contributed by atoms with Gasteiger partial charge in [0.2, 0.25) is 5.91 Å². The Morgan fingerprint density at radius 1 is 1.53 bits per heavy atom. The predicted octanol–water partition coefficient (Wildman–Crippen LogP) is 1.82. The molecule has 0 atom stereocenters. The summed E-state index contributed by atoms with van der Waals surface area (Å²) in [6.07, 6.45) is 2.57. The second-order valence-corrected chi connectivity index (χ2v) is 5.48. The fraction of sp³-hybridized carbons (Fsp3) is 0.462. The summed E-state index contributed by atoms with van der Waals surface area (Å²) >= 11 is 5.83. The molecule has 0 bridgehead atoms. The second kappa shape index (κ2) is 5.17. The Kier molecular flexibility index (Phi) is 3.75. The lowest BCUT2D eigenvalue weighted by molar-refractivity contribution is -0.119. The number of alkyl halides is 1. The van der Waals surface area contributed by atoms with E-state index in [1.807, 2.05) is 30.5 Å². The molecular formula is C13H17ClN4O. The second-order valence-electron chi connectivity index (χ2n) is 5.10. The average molecular weight is 281 g/mol. The molecule has 5 nitrogen and oxygen atoms in total. The van der Waals surface area contributed by atoms with Crippen molar-refractivity contribution in [2.75, 3.05) is 5.88 Å². The quantitative estimate of drug-likeness (QED) is 0.849. The zero-order valence-electron chi connectivity index (χ0n) is 11.1. The first kappa shape index (κ1) is 13.8. The maximum atomic E-state index is 11.3. The Labute approximate surface area is 116 Å². The third-order valence-corrected chi connectivity index (χ3v) is 3.20. The molecule has 0 fully saturated rings. The number of imidazole rings is 1. The molecule has 0 radical (unpaired) electrons. The number of nitrogens with two attached hydrogens (primary N) is 1. The molecule has 6 heteroatoms. The lowest BCUT2D eigenvalue weighted by atomic mass is 9.99. The molecule has 0 unspecified atom stereocenters. The van der Waals surface area contributed by atoms with Crippen LogP contribution in [0.2, 0.25) is 0 Å². The molecule has 2 aromatic rings. The highest BCUT2D eigenvalue weighted by Gasteiger charge is 2.28. The number of hydrogen-bond acceptors (Lipinski definition) is 3. The molecule has 2 N–H and O–H groups in total. The number of primary amides is 1. The first-order valence-electron chi connectivity index (χ1n) is 6.13. The van der Waals surface area contributed by atoms with Crippen molar-refractivity contribution in [2.45, 2.75) is 32.2 Å². The topological polar surface area (TPSA) is 73.8 Å². The fourth-order valence-electron chi connectivity index (χ4n) is 2.35. The molecule has 0 saturated heterocycles. The summed E-state index contributed by atoms with van der Waals surface area (Å²) in [5.74, 6) is 0.949. The van der Waals surface area contributed by atoms with Crippen LogP contribution in [0.4, 0.5) is 0 Å². The molecular weight excluding hydrogens is 264 g/mol. The molecule has 0 aliphatic rings. The van der Waals surface area contributed by atoms with Crippen LogP contribution in [-0.2, 0) is 16.8 Å². The number of halogens is 1. The largest absolute Gasteiger partial charge is 0.370 e. The standard InChI is InChI=1S/C13H17ClN4O/c1-13(2,8-10(15)19)18-11(5-6-14)17-9-4-3-7-16-12(9)18/h3-4,7H,5-6,8H2,1-2H3,(H2,15,19). The summed E-state index contributed by atoms with van der Waals surface area (Å²) in [5.41, 5.74) is 6.42. The van der Waals surface area contributed by atoms with E-state index in [2.05, 4.69) is 9.97 Å². The zero-order chi connectivity index (χ0) is 14.0. The lowest BCUT2D eigenvalue weighted by Crippen LogP contribution is -2.33. The molecule has 19 heavy (non-hydrogen) atoms. The van der Waals surface area contributed by atoms with E-state index < -0.39 is 5.54 Å².